The minimum absolute atomic E-state index is 0.0512. The summed E-state index contributed by atoms with van der Waals surface area (Å²) in [4.78, 5) is 27.4. The van der Waals surface area contributed by atoms with Gasteiger partial charge in [-0.2, -0.15) is 17.9 Å². The van der Waals surface area contributed by atoms with Crippen LogP contribution in [0.4, 0.5) is 29.5 Å². The minimum Gasteiger partial charge on any atom is -0.481 e. The van der Waals surface area contributed by atoms with Gasteiger partial charge in [-0.1, -0.05) is 6.07 Å². The van der Waals surface area contributed by atoms with Gasteiger partial charge in [0.25, 0.3) is 0 Å². The number of sulfonamides is 1. The molecule has 38 heavy (non-hydrogen) atoms. The van der Waals surface area contributed by atoms with Gasteiger partial charge in [0.05, 0.1) is 11.8 Å². The number of anilines is 2. The van der Waals surface area contributed by atoms with E-state index in [1.165, 1.54) is 18.3 Å². The molecule has 2 aromatic rings. The van der Waals surface area contributed by atoms with E-state index in [9.17, 15) is 31.2 Å². The summed E-state index contributed by atoms with van der Waals surface area (Å²) in [6.07, 6.45) is -1.91. The van der Waals surface area contributed by atoms with Gasteiger partial charge in [-0.3, -0.25) is 14.4 Å². The van der Waals surface area contributed by atoms with Crippen molar-refractivity contribution in [3.8, 4) is 0 Å². The molecule has 0 bridgehead atoms. The monoisotopic (exact) mass is 558 g/mol. The first-order chi connectivity index (χ1) is 17.8. The molecular weight excluding hydrogens is 529 g/mol. The number of fused-ring (bicyclic) bond motifs is 1. The van der Waals surface area contributed by atoms with Crippen LogP contribution in [0.2, 0.25) is 0 Å². The zero-order valence-electron chi connectivity index (χ0n) is 20.6. The van der Waals surface area contributed by atoms with Gasteiger partial charge in [0.2, 0.25) is 10.0 Å². The summed E-state index contributed by atoms with van der Waals surface area (Å²) in [5.74, 6) is -0.546. The van der Waals surface area contributed by atoms with Crippen molar-refractivity contribution in [2.75, 3.05) is 49.0 Å². The molecule has 0 aliphatic carbocycles. The average molecular weight is 559 g/mol. The molecule has 2 saturated heterocycles. The Morgan fingerprint density at radius 1 is 1.13 bits per heavy atom. The number of carbonyl (C=O) groups excluding carboxylic acids is 1. The van der Waals surface area contributed by atoms with E-state index in [1.807, 2.05) is 0 Å². The van der Waals surface area contributed by atoms with Crippen LogP contribution in [0.3, 0.4) is 0 Å². The third-order valence-corrected chi connectivity index (χ3v) is 7.20. The number of nitrogens with zero attached hydrogens (tertiary/aromatic N) is 4. The zero-order chi connectivity index (χ0) is 27.7. The Morgan fingerprint density at radius 2 is 1.82 bits per heavy atom. The van der Waals surface area contributed by atoms with Crippen LogP contribution in [0.5, 0.6) is 0 Å². The number of carboxylic acid groups (broad SMARTS) is 1. The Labute approximate surface area is 217 Å². The molecule has 2 unspecified atom stereocenters. The molecule has 1 aromatic carbocycles. The number of amides is 1. The van der Waals surface area contributed by atoms with E-state index in [4.69, 9.17) is 5.11 Å². The maximum absolute atomic E-state index is 13.3. The summed E-state index contributed by atoms with van der Waals surface area (Å²) in [5, 5.41) is 15.8. The van der Waals surface area contributed by atoms with Gasteiger partial charge >= 0.3 is 18.2 Å². The maximum Gasteiger partial charge on any atom is 0.416 e. The summed E-state index contributed by atoms with van der Waals surface area (Å²) in [6.45, 7) is 2.95. The number of hydrogen-bond acceptors (Lipinski definition) is 7. The summed E-state index contributed by atoms with van der Waals surface area (Å²) < 4.78 is 65.9. The number of carboxylic acids is 1. The number of hydrogen-bond donors (Lipinski definition) is 3. The van der Waals surface area contributed by atoms with Crippen LogP contribution in [-0.4, -0.2) is 84.1 Å². The fraction of sp³-hybridized carbons (Fsp3) is 0.522. The van der Waals surface area contributed by atoms with E-state index in [0.29, 0.717) is 44.0 Å². The molecule has 11 nitrogen and oxygen atoms in total. The lowest BCUT2D eigenvalue weighted by molar-refractivity contribution is -0.138. The molecule has 2 aliphatic rings. The van der Waals surface area contributed by atoms with Crippen LogP contribution >= 0.6 is 0 Å². The molecule has 2 aliphatic heterocycles. The van der Waals surface area contributed by atoms with Gasteiger partial charge < -0.3 is 15.3 Å². The van der Waals surface area contributed by atoms with Crippen molar-refractivity contribution in [3.05, 3.63) is 41.6 Å². The standard InChI is InChI=1S/C23H29F3N6O5S/c1-38(36,37)29-20-6-8-32(28-20)22(35)31-13-16-11-30(12-17(16)14-31)10-15-4-5-18(23(24,25)26)9-19(15)27-7-2-3-21(33)34/h4-6,8-9,16-17,27H,2-3,7,10-14H2,1H3,(H,28,29)(H,33,34). The molecule has 1 aromatic heterocycles. The number of alkyl halides is 3. The van der Waals surface area contributed by atoms with Crippen molar-refractivity contribution in [2.45, 2.75) is 25.6 Å². The van der Waals surface area contributed by atoms with Gasteiger partial charge in [0, 0.05) is 63.6 Å². The van der Waals surface area contributed by atoms with Crippen LogP contribution < -0.4 is 10.0 Å². The predicted molar refractivity (Wildman–Crippen MR) is 132 cm³/mol. The highest BCUT2D eigenvalue weighted by Gasteiger charge is 2.42. The lowest BCUT2D eigenvalue weighted by Crippen LogP contribution is -2.36. The molecular formula is C23H29F3N6O5S. The fourth-order valence-electron chi connectivity index (χ4n) is 4.95. The third kappa shape index (κ3) is 6.95. The van der Waals surface area contributed by atoms with Crippen LogP contribution in [0.1, 0.15) is 24.0 Å². The van der Waals surface area contributed by atoms with Gasteiger partial charge in [-0.25, -0.2) is 13.2 Å². The summed E-state index contributed by atoms with van der Waals surface area (Å²) >= 11 is 0. The number of aliphatic carboxylic acids is 1. The summed E-state index contributed by atoms with van der Waals surface area (Å²) in [6, 6.07) is 4.60. The highest BCUT2D eigenvalue weighted by molar-refractivity contribution is 7.92. The van der Waals surface area contributed by atoms with E-state index in [2.05, 4.69) is 20.0 Å². The Morgan fingerprint density at radius 3 is 2.42 bits per heavy atom. The molecule has 2 fully saturated rings. The largest absolute Gasteiger partial charge is 0.481 e. The molecule has 3 N–H and O–H groups in total. The Balaban J connectivity index is 1.36. The number of benzene rings is 1. The number of halogens is 3. The first-order valence-corrected chi connectivity index (χ1v) is 13.9. The van der Waals surface area contributed by atoms with E-state index < -0.39 is 27.7 Å². The first-order valence-electron chi connectivity index (χ1n) is 12.0. The topological polar surface area (TPSA) is 137 Å². The summed E-state index contributed by atoms with van der Waals surface area (Å²) in [5.41, 5.74) is 0.239. The van der Waals surface area contributed by atoms with Crippen LogP contribution in [0.25, 0.3) is 0 Å². The Bertz CT molecular complexity index is 1280. The molecule has 0 spiro atoms. The molecule has 208 valence electrons. The van der Waals surface area contributed by atoms with Gasteiger partial charge in [0.15, 0.2) is 5.82 Å². The van der Waals surface area contributed by atoms with E-state index in [0.717, 1.165) is 23.1 Å². The van der Waals surface area contributed by atoms with Crippen molar-refractivity contribution >= 4 is 33.5 Å². The molecule has 0 radical (unpaired) electrons. The lowest BCUT2D eigenvalue weighted by atomic mass is 10.0. The maximum atomic E-state index is 13.3. The van der Waals surface area contributed by atoms with E-state index >= 15 is 0 Å². The predicted octanol–water partition coefficient (Wildman–Crippen LogP) is 2.58. The first kappa shape index (κ1) is 27.7. The van der Waals surface area contributed by atoms with Gasteiger partial charge in [-0.05, 0) is 36.0 Å². The smallest absolute Gasteiger partial charge is 0.416 e. The van der Waals surface area contributed by atoms with Gasteiger partial charge in [-0.15, -0.1) is 5.10 Å². The second-order valence-electron chi connectivity index (χ2n) is 9.72. The fourth-order valence-corrected chi connectivity index (χ4v) is 5.44. The van der Waals surface area contributed by atoms with Crippen LogP contribution in [-0.2, 0) is 27.5 Å². The van der Waals surface area contributed by atoms with Crippen molar-refractivity contribution < 1.29 is 36.3 Å². The Kier molecular flexibility index (Phi) is 7.88. The van der Waals surface area contributed by atoms with Crippen molar-refractivity contribution in [1.29, 1.82) is 0 Å². The SMILES string of the molecule is CS(=O)(=O)Nc1ccn(C(=O)N2CC3CN(Cc4ccc(C(F)(F)F)cc4NCCCC(=O)O)CC3C2)n1. The molecule has 3 heterocycles. The molecule has 2 atom stereocenters. The second kappa shape index (κ2) is 10.8. The van der Waals surface area contributed by atoms with Gasteiger partial charge in [0.1, 0.15) is 0 Å². The van der Waals surface area contributed by atoms with Crippen molar-refractivity contribution in [1.82, 2.24) is 19.6 Å². The third-order valence-electron chi connectivity index (χ3n) is 6.62. The molecule has 4 rings (SSSR count). The Hall–Kier alpha value is -3.33. The number of aromatic nitrogens is 2. The number of carbonyl (C=O) groups is 2. The average Bonchev–Trinajstić information content (AvgIpc) is 3.50. The number of nitrogens with one attached hydrogen (secondary N) is 2. The highest BCUT2D eigenvalue weighted by Crippen LogP contribution is 2.35. The zero-order valence-corrected chi connectivity index (χ0v) is 21.4. The number of rotatable bonds is 9. The number of likely N-dealkylation sites (tertiary alicyclic amines) is 2. The van der Waals surface area contributed by atoms with E-state index in [1.54, 1.807) is 4.90 Å². The lowest BCUT2D eigenvalue weighted by Gasteiger charge is -2.23. The van der Waals surface area contributed by atoms with E-state index in [-0.39, 0.29) is 43.1 Å². The molecule has 0 saturated carbocycles. The normalized spacial score (nSPS) is 19.9. The second-order valence-corrected chi connectivity index (χ2v) is 11.5. The minimum atomic E-state index is -4.49. The van der Waals surface area contributed by atoms with Crippen LogP contribution in [0, 0.1) is 11.8 Å². The van der Waals surface area contributed by atoms with Crippen molar-refractivity contribution in [3.63, 3.8) is 0 Å². The quantitative estimate of drug-likeness (QED) is 0.400. The molecule has 1 amide bonds. The van der Waals surface area contributed by atoms with Crippen LogP contribution in [0.15, 0.2) is 30.5 Å². The molecule has 15 heteroatoms. The highest BCUT2D eigenvalue weighted by atomic mass is 32.2. The van der Waals surface area contributed by atoms with Crippen molar-refractivity contribution in [2.24, 2.45) is 11.8 Å². The summed E-state index contributed by atoms with van der Waals surface area (Å²) in [7, 11) is -3.52.